The summed E-state index contributed by atoms with van der Waals surface area (Å²) in [6, 6.07) is 3.84. The number of carbonyl (C=O) groups excluding carboxylic acids is 1. The molecule has 0 aliphatic rings. The van der Waals surface area contributed by atoms with Gasteiger partial charge < -0.3 is 14.2 Å². The van der Waals surface area contributed by atoms with Gasteiger partial charge in [-0.25, -0.2) is 13.2 Å². The number of sulfone groups is 1. The van der Waals surface area contributed by atoms with Gasteiger partial charge in [-0.2, -0.15) is 0 Å². The standard InChI is InChI=1S/C10H12O6S/c1-14-8-5-4-7(6-9(8)15-2)17(12,13)10(11)16-3/h4-6H,1-3H3. The zero-order valence-electron chi connectivity index (χ0n) is 9.59. The summed E-state index contributed by atoms with van der Waals surface area (Å²) < 4.78 is 37.4. The summed E-state index contributed by atoms with van der Waals surface area (Å²) in [5.74, 6) is 0.591. The Kier molecular flexibility index (Phi) is 3.95. The molecule has 0 aliphatic carbocycles. The van der Waals surface area contributed by atoms with Gasteiger partial charge in [-0.15, -0.1) is 0 Å². The molecule has 17 heavy (non-hydrogen) atoms. The van der Waals surface area contributed by atoms with Crippen LogP contribution in [-0.2, 0) is 14.6 Å². The van der Waals surface area contributed by atoms with Crippen molar-refractivity contribution in [3.05, 3.63) is 18.2 Å². The first-order valence-corrected chi connectivity index (χ1v) is 6.00. The van der Waals surface area contributed by atoms with Gasteiger partial charge in [0.25, 0.3) is 9.84 Å². The van der Waals surface area contributed by atoms with E-state index in [9.17, 15) is 13.2 Å². The average molecular weight is 260 g/mol. The summed E-state index contributed by atoms with van der Waals surface area (Å²) in [7, 11) is -0.352. The highest BCUT2D eigenvalue weighted by atomic mass is 32.2. The topological polar surface area (TPSA) is 78.9 Å². The normalized spacial score (nSPS) is 10.8. The lowest BCUT2D eigenvalue weighted by molar-refractivity contribution is 0.197. The third-order valence-corrected chi connectivity index (χ3v) is 3.53. The van der Waals surface area contributed by atoms with Crippen LogP contribution in [-0.4, -0.2) is 35.0 Å². The van der Waals surface area contributed by atoms with Gasteiger partial charge in [-0.05, 0) is 12.1 Å². The molecule has 6 nitrogen and oxygen atoms in total. The Bertz CT molecular complexity index is 520. The Balaban J connectivity index is 3.30. The molecule has 7 heteroatoms. The number of rotatable bonds is 3. The summed E-state index contributed by atoms with van der Waals surface area (Å²) in [6.07, 6.45) is 0. The molecule has 0 unspecified atom stereocenters. The van der Waals surface area contributed by atoms with Crippen LogP contribution < -0.4 is 9.47 Å². The molecule has 0 saturated carbocycles. The highest BCUT2D eigenvalue weighted by molar-refractivity contribution is 8.05. The highest BCUT2D eigenvalue weighted by Gasteiger charge is 2.26. The zero-order valence-corrected chi connectivity index (χ0v) is 10.4. The van der Waals surface area contributed by atoms with Crippen LogP contribution in [0.2, 0.25) is 0 Å². The fraction of sp³-hybridized carbons (Fsp3) is 0.300. The summed E-state index contributed by atoms with van der Waals surface area (Å²) in [4.78, 5) is 10.9. The van der Waals surface area contributed by atoms with Gasteiger partial charge in [0.15, 0.2) is 11.5 Å². The van der Waals surface area contributed by atoms with Gasteiger partial charge in [0.1, 0.15) is 0 Å². The van der Waals surface area contributed by atoms with E-state index in [-0.39, 0.29) is 10.6 Å². The van der Waals surface area contributed by atoms with E-state index in [0.29, 0.717) is 5.75 Å². The SMILES string of the molecule is COC(=O)S(=O)(=O)c1ccc(OC)c(OC)c1. The molecule has 1 aromatic carbocycles. The Hall–Kier alpha value is -1.76. The van der Waals surface area contributed by atoms with Gasteiger partial charge >= 0.3 is 5.30 Å². The van der Waals surface area contributed by atoms with E-state index in [2.05, 4.69) is 4.74 Å². The lowest BCUT2D eigenvalue weighted by Gasteiger charge is -2.09. The van der Waals surface area contributed by atoms with Crippen LogP contribution in [0.15, 0.2) is 23.1 Å². The van der Waals surface area contributed by atoms with Crippen molar-refractivity contribution in [2.75, 3.05) is 21.3 Å². The molecule has 94 valence electrons. The van der Waals surface area contributed by atoms with Crippen molar-refractivity contribution in [1.82, 2.24) is 0 Å². The van der Waals surface area contributed by atoms with E-state index in [1.54, 1.807) is 0 Å². The van der Waals surface area contributed by atoms with Gasteiger partial charge in [0, 0.05) is 6.07 Å². The second-order valence-corrected chi connectivity index (χ2v) is 4.79. The molecule has 0 radical (unpaired) electrons. The van der Waals surface area contributed by atoms with Crippen molar-refractivity contribution in [3.63, 3.8) is 0 Å². The number of carbonyl (C=O) groups is 1. The van der Waals surface area contributed by atoms with E-state index in [4.69, 9.17) is 9.47 Å². The van der Waals surface area contributed by atoms with E-state index in [0.717, 1.165) is 7.11 Å². The third-order valence-electron chi connectivity index (χ3n) is 2.05. The van der Waals surface area contributed by atoms with Crippen LogP contribution in [0.3, 0.4) is 0 Å². The minimum Gasteiger partial charge on any atom is -0.493 e. The van der Waals surface area contributed by atoms with Gasteiger partial charge in [-0.1, -0.05) is 0 Å². The van der Waals surface area contributed by atoms with Crippen LogP contribution in [0, 0.1) is 0 Å². The number of hydrogen-bond donors (Lipinski definition) is 0. The molecule has 1 rings (SSSR count). The molecule has 0 aliphatic heterocycles. The molecule has 0 spiro atoms. The van der Waals surface area contributed by atoms with Crippen LogP contribution in [0.4, 0.5) is 4.79 Å². The van der Waals surface area contributed by atoms with E-state index >= 15 is 0 Å². The molecule has 0 aromatic heterocycles. The maximum atomic E-state index is 11.7. The van der Waals surface area contributed by atoms with Crippen molar-refractivity contribution in [2.45, 2.75) is 4.90 Å². The molecule has 0 saturated heterocycles. The average Bonchev–Trinajstić information content (AvgIpc) is 2.36. The van der Waals surface area contributed by atoms with Gasteiger partial charge in [0.2, 0.25) is 0 Å². The lowest BCUT2D eigenvalue weighted by Crippen LogP contribution is -2.14. The fourth-order valence-electron chi connectivity index (χ4n) is 1.19. The molecule has 1 aromatic rings. The van der Waals surface area contributed by atoms with E-state index < -0.39 is 15.1 Å². The van der Waals surface area contributed by atoms with Crippen molar-refractivity contribution in [3.8, 4) is 11.5 Å². The molecule has 0 bridgehead atoms. The summed E-state index contributed by atoms with van der Waals surface area (Å²) in [6.45, 7) is 0. The number of benzene rings is 1. The largest absolute Gasteiger partial charge is 0.493 e. The maximum absolute atomic E-state index is 11.7. The molecule has 0 amide bonds. The molecule has 0 fully saturated rings. The van der Waals surface area contributed by atoms with E-state index in [1.807, 2.05) is 0 Å². The molecule has 0 N–H and O–H groups in total. The van der Waals surface area contributed by atoms with E-state index in [1.165, 1.54) is 32.4 Å². The number of hydrogen-bond acceptors (Lipinski definition) is 6. The first-order chi connectivity index (χ1) is 7.97. The van der Waals surface area contributed by atoms with Crippen molar-refractivity contribution >= 4 is 15.1 Å². The van der Waals surface area contributed by atoms with Crippen molar-refractivity contribution < 1.29 is 27.4 Å². The third kappa shape index (κ3) is 2.50. The van der Waals surface area contributed by atoms with Crippen LogP contribution in [0.1, 0.15) is 0 Å². The minimum atomic E-state index is -4.14. The second kappa shape index (κ2) is 5.05. The Morgan fingerprint density at radius 2 is 1.65 bits per heavy atom. The second-order valence-electron chi connectivity index (χ2n) is 2.97. The molecular weight excluding hydrogens is 248 g/mol. The smallest absolute Gasteiger partial charge is 0.429 e. The van der Waals surface area contributed by atoms with Gasteiger partial charge in [-0.3, -0.25) is 0 Å². The summed E-state index contributed by atoms with van der Waals surface area (Å²) >= 11 is 0. The van der Waals surface area contributed by atoms with Crippen LogP contribution in [0.5, 0.6) is 11.5 Å². The summed E-state index contributed by atoms with van der Waals surface area (Å²) in [5, 5.41) is -1.32. The molecule has 0 atom stereocenters. The van der Waals surface area contributed by atoms with Crippen LogP contribution >= 0.6 is 0 Å². The quantitative estimate of drug-likeness (QED) is 0.761. The monoisotopic (exact) mass is 260 g/mol. The molecular formula is C10H12O6S. The first-order valence-electron chi connectivity index (χ1n) is 4.52. The van der Waals surface area contributed by atoms with Crippen molar-refractivity contribution in [2.24, 2.45) is 0 Å². The highest BCUT2D eigenvalue weighted by Crippen LogP contribution is 2.30. The Labute approximate surface area is 99.0 Å². The molecule has 0 heterocycles. The predicted molar refractivity (Wildman–Crippen MR) is 59.1 cm³/mol. The maximum Gasteiger partial charge on any atom is 0.429 e. The lowest BCUT2D eigenvalue weighted by atomic mass is 10.3. The fourth-order valence-corrected chi connectivity index (χ4v) is 2.11. The predicted octanol–water partition coefficient (Wildman–Crippen LogP) is 1.24. The number of methoxy groups -OCH3 is 3. The number of ether oxygens (including phenoxy) is 3. The Morgan fingerprint density at radius 1 is 1.06 bits per heavy atom. The Morgan fingerprint density at radius 3 is 2.12 bits per heavy atom. The van der Waals surface area contributed by atoms with Crippen molar-refractivity contribution in [1.29, 1.82) is 0 Å². The summed E-state index contributed by atoms with van der Waals surface area (Å²) in [5.41, 5.74) is 0. The minimum absolute atomic E-state index is 0.206. The van der Waals surface area contributed by atoms with Gasteiger partial charge in [0.05, 0.1) is 26.2 Å². The van der Waals surface area contributed by atoms with Crippen LogP contribution in [0.25, 0.3) is 0 Å². The first kappa shape index (κ1) is 13.3. The zero-order chi connectivity index (χ0) is 13.1.